The molecule has 3 aromatic heterocycles. The molecule has 18 heavy (non-hydrogen) atoms. The molecule has 5 nitrogen and oxygen atoms in total. The van der Waals surface area contributed by atoms with Crippen molar-refractivity contribution in [2.24, 2.45) is 0 Å². The zero-order chi connectivity index (χ0) is 12.5. The van der Waals surface area contributed by atoms with Gasteiger partial charge in [0.25, 0.3) is 5.56 Å². The summed E-state index contributed by atoms with van der Waals surface area (Å²) in [6, 6.07) is 5.38. The fourth-order valence-corrected chi connectivity index (χ4v) is 2.79. The van der Waals surface area contributed by atoms with Gasteiger partial charge in [-0.3, -0.25) is 9.36 Å². The van der Waals surface area contributed by atoms with E-state index in [9.17, 15) is 4.79 Å². The third-order valence-corrected chi connectivity index (χ3v) is 3.71. The smallest absolute Gasteiger partial charge is 0.263 e. The van der Waals surface area contributed by atoms with Gasteiger partial charge in [0.05, 0.1) is 17.6 Å². The molecule has 1 N–H and O–H groups in total. The van der Waals surface area contributed by atoms with Crippen LogP contribution in [-0.4, -0.2) is 19.7 Å². The average molecular weight is 276 g/mol. The number of nitrogens with one attached hydrogen (secondary N) is 1. The largest absolute Gasteiger partial charge is 0.323 e. The zero-order valence-electron chi connectivity index (χ0n) is 9.16. The lowest BCUT2D eigenvalue weighted by atomic mass is 10.3. The molecule has 0 aliphatic heterocycles. The second-order valence-electron chi connectivity index (χ2n) is 3.70. The molecule has 0 aliphatic carbocycles. The molecule has 0 saturated heterocycles. The molecule has 7 heteroatoms. The molecular weight excluding hydrogens is 268 g/mol. The standard InChI is InChI=1S/C11H8N4OS2/c16-10-8-3-5-18-9(8)13-11(17)15(10)6-7-2-1-4-12-14-7/h1-5H,6H2,(H,13,17). The van der Waals surface area contributed by atoms with Crippen LogP contribution in [0.3, 0.4) is 0 Å². The molecule has 0 amide bonds. The van der Waals surface area contributed by atoms with Crippen molar-refractivity contribution in [2.75, 3.05) is 0 Å². The predicted molar refractivity (Wildman–Crippen MR) is 72.4 cm³/mol. The average Bonchev–Trinajstić information content (AvgIpc) is 2.84. The number of nitrogens with zero attached hydrogens (tertiary/aromatic N) is 3. The Bertz CT molecular complexity index is 803. The van der Waals surface area contributed by atoms with E-state index in [-0.39, 0.29) is 5.56 Å². The molecular formula is C11H8N4OS2. The van der Waals surface area contributed by atoms with Gasteiger partial charge in [0.1, 0.15) is 4.83 Å². The summed E-state index contributed by atoms with van der Waals surface area (Å²) in [7, 11) is 0. The molecule has 0 aromatic carbocycles. The number of fused-ring (bicyclic) bond motifs is 1. The maximum Gasteiger partial charge on any atom is 0.263 e. The number of hydrogen-bond donors (Lipinski definition) is 1. The topological polar surface area (TPSA) is 63.6 Å². The van der Waals surface area contributed by atoms with E-state index < -0.39 is 0 Å². The molecule has 0 aliphatic rings. The van der Waals surface area contributed by atoms with Crippen LogP contribution in [0.2, 0.25) is 0 Å². The van der Waals surface area contributed by atoms with Gasteiger partial charge in [-0.15, -0.1) is 11.3 Å². The quantitative estimate of drug-likeness (QED) is 0.727. The third kappa shape index (κ3) is 1.87. The van der Waals surface area contributed by atoms with Crippen molar-refractivity contribution in [3.05, 3.63) is 50.6 Å². The number of aromatic amines is 1. The minimum atomic E-state index is -0.0966. The highest BCUT2D eigenvalue weighted by Crippen LogP contribution is 2.14. The summed E-state index contributed by atoms with van der Waals surface area (Å²) in [5, 5.41) is 10.3. The number of thiophene rings is 1. The van der Waals surface area contributed by atoms with Crippen LogP contribution in [0.25, 0.3) is 10.2 Å². The van der Waals surface area contributed by atoms with Crippen LogP contribution >= 0.6 is 23.6 Å². The lowest BCUT2D eigenvalue weighted by Crippen LogP contribution is -2.22. The van der Waals surface area contributed by atoms with Crippen molar-refractivity contribution in [1.82, 2.24) is 19.7 Å². The molecule has 0 radical (unpaired) electrons. The lowest BCUT2D eigenvalue weighted by Gasteiger charge is -2.04. The van der Waals surface area contributed by atoms with Gasteiger partial charge in [-0.25, -0.2) is 0 Å². The summed E-state index contributed by atoms with van der Waals surface area (Å²) in [5.41, 5.74) is 0.606. The Balaban J connectivity index is 2.18. The highest BCUT2D eigenvalue weighted by Gasteiger charge is 2.07. The van der Waals surface area contributed by atoms with E-state index in [0.29, 0.717) is 22.4 Å². The van der Waals surface area contributed by atoms with Gasteiger partial charge in [0.15, 0.2) is 4.77 Å². The van der Waals surface area contributed by atoms with Gasteiger partial charge < -0.3 is 4.98 Å². The van der Waals surface area contributed by atoms with Gasteiger partial charge >= 0.3 is 0 Å². The molecule has 0 spiro atoms. The third-order valence-electron chi connectivity index (χ3n) is 2.55. The molecule has 0 unspecified atom stereocenters. The van der Waals surface area contributed by atoms with E-state index in [0.717, 1.165) is 4.83 Å². The van der Waals surface area contributed by atoms with E-state index in [1.807, 2.05) is 11.4 Å². The Morgan fingerprint density at radius 1 is 1.44 bits per heavy atom. The van der Waals surface area contributed by atoms with E-state index in [4.69, 9.17) is 12.2 Å². The normalized spacial score (nSPS) is 10.9. The fourth-order valence-electron chi connectivity index (χ4n) is 1.70. The summed E-state index contributed by atoms with van der Waals surface area (Å²) in [5.74, 6) is 0. The number of aromatic nitrogens is 4. The molecule has 3 heterocycles. The first-order chi connectivity index (χ1) is 8.75. The minimum Gasteiger partial charge on any atom is -0.323 e. The lowest BCUT2D eigenvalue weighted by molar-refractivity contribution is 0.704. The fraction of sp³-hybridized carbons (Fsp3) is 0.0909. The van der Waals surface area contributed by atoms with Crippen LogP contribution in [0.1, 0.15) is 5.69 Å². The number of hydrogen-bond acceptors (Lipinski definition) is 5. The van der Waals surface area contributed by atoms with E-state index in [1.165, 1.54) is 15.9 Å². The van der Waals surface area contributed by atoms with Crippen LogP contribution in [0, 0.1) is 4.77 Å². The SMILES string of the molecule is O=c1c2ccsc2[nH]c(=S)n1Cc1cccnn1. The van der Waals surface area contributed by atoms with Gasteiger partial charge in [-0.1, -0.05) is 0 Å². The first-order valence-corrected chi connectivity index (χ1v) is 6.51. The maximum absolute atomic E-state index is 12.2. The number of H-pyrrole nitrogens is 1. The van der Waals surface area contributed by atoms with Crippen LogP contribution in [-0.2, 0) is 6.54 Å². The van der Waals surface area contributed by atoms with Crippen molar-refractivity contribution >= 4 is 33.8 Å². The Labute approximate surface area is 111 Å². The Morgan fingerprint density at radius 2 is 2.33 bits per heavy atom. The van der Waals surface area contributed by atoms with Gasteiger partial charge in [-0.05, 0) is 35.8 Å². The molecule has 3 rings (SSSR count). The van der Waals surface area contributed by atoms with Crippen LogP contribution < -0.4 is 5.56 Å². The zero-order valence-corrected chi connectivity index (χ0v) is 10.8. The first kappa shape index (κ1) is 11.2. The molecule has 0 fully saturated rings. The second kappa shape index (κ2) is 4.43. The molecule has 0 saturated carbocycles. The molecule has 0 bridgehead atoms. The van der Waals surface area contributed by atoms with E-state index in [1.54, 1.807) is 18.3 Å². The van der Waals surface area contributed by atoms with E-state index in [2.05, 4.69) is 15.2 Å². The van der Waals surface area contributed by atoms with Crippen molar-refractivity contribution in [3.63, 3.8) is 0 Å². The van der Waals surface area contributed by atoms with Crippen LogP contribution in [0.5, 0.6) is 0 Å². The van der Waals surface area contributed by atoms with E-state index >= 15 is 0 Å². The number of rotatable bonds is 2. The second-order valence-corrected chi connectivity index (χ2v) is 5.00. The van der Waals surface area contributed by atoms with Crippen LogP contribution in [0.15, 0.2) is 34.6 Å². The first-order valence-electron chi connectivity index (χ1n) is 5.22. The monoisotopic (exact) mass is 276 g/mol. The minimum absolute atomic E-state index is 0.0966. The maximum atomic E-state index is 12.2. The highest BCUT2D eigenvalue weighted by atomic mass is 32.1. The highest BCUT2D eigenvalue weighted by molar-refractivity contribution is 7.71. The molecule has 3 aromatic rings. The van der Waals surface area contributed by atoms with Gasteiger partial charge in [0.2, 0.25) is 0 Å². The summed E-state index contributed by atoms with van der Waals surface area (Å²) in [4.78, 5) is 16.1. The van der Waals surface area contributed by atoms with Gasteiger partial charge in [-0.2, -0.15) is 10.2 Å². The van der Waals surface area contributed by atoms with Gasteiger partial charge in [0, 0.05) is 6.20 Å². The van der Waals surface area contributed by atoms with Crippen molar-refractivity contribution in [3.8, 4) is 0 Å². The summed E-state index contributed by atoms with van der Waals surface area (Å²) < 4.78 is 1.90. The molecule has 90 valence electrons. The summed E-state index contributed by atoms with van der Waals surface area (Å²) in [6.07, 6.45) is 1.59. The predicted octanol–water partition coefficient (Wildman–Crippen LogP) is 1.96. The van der Waals surface area contributed by atoms with Crippen molar-refractivity contribution in [1.29, 1.82) is 0 Å². The summed E-state index contributed by atoms with van der Waals surface area (Å²) >= 11 is 6.67. The van der Waals surface area contributed by atoms with Crippen molar-refractivity contribution in [2.45, 2.75) is 6.54 Å². The Kier molecular flexibility index (Phi) is 2.77. The van der Waals surface area contributed by atoms with Crippen LogP contribution in [0.4, 0.5) is 0 Å². The Morgan fingerprint density at radius 3 is 3.11 bits per heavy atom. The van der Waals surface area contributed by atoms with Crippen molar-refractivity contribution < 1.29 is 0 Å². The summed E-state index contributed by atoms with van der Waals surface area (Å²) in [6.45, 7) is 0.327. The Hall–Kier alpha value is -1.86. The molecule has 0 atom stereocenters.